The van der Waals surface area contributed by atoms with E-state index in [1.54, 1.807) is 24.3 Å². The van der Waals surface area contributed by atoms with Gasteiger partial charge in [0, 0.05) is 11.6 Å². The normalized spacial score (nSPS) is 19.2. The molecule has 0 aliphatic carbocycles. The number of hydrogen-bond acceptors (Lipinski definition) is 4. The highest BCUT2D eigenvalue weighted by Crippen LogP contribution is 2.22. The van der Waals surface area contributed by atoms with Gasteiger partial charge in [0.15, 0.2) is 9.84 Å². The fourth-order valence-corrected chi connectivity index (χ4v) is 4.18. The molecule has 5 nitrogen and oxygen atoms in total. The number of carbonyl (C=O) groups is 1. The van der Waals surface area contributed by atoms with Gasteiger partial charge >= 0.3 is 0 Å². The molecular formula is C17H17NO4S. The second-order valence-electron chi connectivity index (χ2n) is 5.52. The second-order valence-corrected chi connectivity index (χ2v) is 7.75. The molecule has 0 saturated carbocycles. The highest BCUT2D eigenvalue weighted by atomic mass is 32.2. The van der Waals surface area contributed by atoms with E-state index in [0.717, 1.165) is 0 Å². The number of carbonyl (C=O) groups excluding carboxylic acids is 1. The van der Waals surface area contributed by atoms with Crippen LogP contribution in [0.2, 0.25) is 0 Å². The molecule has 1 atom stereocenters. The van der Waals surface area contributed by atoms with Crippen molar-refractivity contribution < 1.29 is 17.9 Å². The van der Waals surface area contributed by atoms with Gasteiger partial charge in [0.25, 0.3) is 5.91 Å². The molecule has 1 heterocycles. The molecule has 6 heteroatoms. The lowest BCUT2D eigenvalue weighted by atomic mass is 10.1. The summed E-state index contributed by atoms with van der Waals surface area (Å²) in [6.45, 7) is 0. The van der Waals surface area contributed by atoms with Crippen molar-refractivity contribution in [3.63, 3.8) is 0 Å². The molecule has 3 rings (SSSR count). The lowest BCUT2D eigenvalue weighted by Crippen LogP contribution is -2.35. The molecule has 0 radical (unpaired) electrons. The van der Waals surface area contributed by atoms with Crippen molar-refractivity contribution in [3.05, 3.63) is 60.2 Å². The number of sulfone groups is 1. The Morgan fingerprint density at radius 3 is 2.48 bits per heavy atom. The van der Waals surface area contributed by atoms with Gasteiger partial charge in [0.1, 0.15) is 11.5 Å². The fraction of sp³-hybridized carbons (Fsp3) is 0.235. The van der Waals surface area contributed by atoms with Crippen molar-refractivity contribution in [1.29, 1.82) is 0 Å². The first-order valence-electron chi connectivity index (χ1n) is 7.36. The predicted molar refractivity (Wildman–Crippen MR) is 87.5 cm³/mol. The summed E-state index contributed by atoms with van der Waals surface area (Å²) in [5.41, 5.74) is 0.447. The number of hydrogen-bond donors (Lipinski definition) is 1. The predicted octanol–water partition coefficient (Wildman–Crippen LogP) is 2.40. The zero-order valence-corrected chi connectivity index (χ0v) is 13.3. The van der Waals surface area contributed by atoms with E-state index in [4.69, 9.17) is 4.74 Å². The molecular weight excluding hydrogens is 314 g/mol. The zero-order valence-electron chi connectivity index (χ0n) is 12.4. The molecule has 1 saturated heterocycles. The maximum absolute atomic E-state index is 12.3. The lowest BCUT2D eigenvalue weighted by Gasteiger charge is -2.12. The molecule has 120 valence electrons. The molecule has 0 aromatic heterocycles. The van der Waals surface area contributed by atoms with Gasteiger partial charge in [-0.05, 0) is 36.8 Å². The number of benzene rings is 2. The van der Waals surface area contributed by atoms with Crippen molar-refractivity contribution in [2.45, 2.75) is 12.5 Å². The second kappa shape index (κ2) is 6.42. The van der Waals surface area contributed by atoms with Crippen LogP contribution in [0.1, 0.15) is 16.8 Å². The molecule has 1 fully saturated rings. The van der Waals surface area contributed by atoms with Gasteiger partial charge in [-0.15, -0.1) is 0 Å². The summed E-state index contributed by atoms with van der Waals surface area (Å²) in [7, 11) is -3.01. The third-order valence-electron chi connectivity index (χ3n) is 3.64. The summed E-state index contributed by atoms with van der Waals surface area (Å²) in [6.07, 6.45) is 0.467. The summed E-state index contributed by atoms with van der Waals surface area (Å²) in [5, 5.41) is 2.77. The van der Waals surface area contributed by atoms with E-state index in [1.807, 2.05) is 30.3 Å². The Morgan fingerprint density at radius 1 is 1.04 bits per heavy atom. The molecule has 23 heavy (non-hydrogen) atoms. The average Bonchev–Trinajstić information content (AvgIpc) is 2.87. The van der Waals surface area contributed by atoms with E-state index in [0.29, 0.717) is 23.5 Å². The lowest BCUT2D eigenvalue weighted by molar-refractivity contribution is 0.0941. The topological polar surface area (TPSA) is 72.5 Å². The summed E-state index contributed by atoms with van der Waals surface area (Å²) in [5.74, 6) is 1.11. The van der Waals surface area contributed by atoms with Crippen LogP contribution in [0.25, 0.3) is 0 Å². The highest BCUT2D eigenvalue weighted by Gasteiger charge is 2.29. The molecule has 1 aliphatic heterocycles. The van der Waals surface area contributed by atoms with Gasteiger partial charge < -0.3 is 10.1 Å². The van der Waals surface area contributed by atoms with E-state index >= 15 is 0 Å². The van der Waals surface area contributed by atoms with Gasteiger partial charge in [-0.3, -0.25) is 4.79 Å². The van der Waals surface area contributed by atoms with Gasteiger partial charge in [-0.2, -0.15) is 0 Å². The molecule has 0 unspecified atom stereocenters. The van der Waals surface area contributed by atoms with Crippen LogP contribution in [0.5, 0.6) is 11.5 Å². The van der Waals surface area contributed by atoms with Crippen LogP contribution in [0.4, 0.5) is 0 Å². The number of rotatable bonds is 4. The molecule has 1 N–H and O–H groups in total. The molecule has 2 aromatic carbocycles. The smallest absolute Gasteiger partial charge is 0.251 e. The van der Waals surface area contributed by atoms with Crippen LogP contribution in [0.15, 0.2) is 54.6 Å². The van der Waals surface area contributed by atoms with Gasteiger partial charge in [-0.1, -0.05) is 24.3 Å². The minimum atomic E-state index is -3.01. The van der Waals surface area contributed by atoms with Gasteiger partial charge in [-0.25, -0.2) is 8.42 Å². The van der Waals surface area contributed by atoms with Crippen LogP contribution < -0.4 is 10.1 Å². The number of ether oxygens (including phenoxy) is 1. The monoisotopic (exact) mass is 331 g/mol. The summed E-state index contributed by atoms with van der Waals surface area (Å²) in [6, 6.07) is 15.8. The van der Waals surface area contributed by atoms with Crippen LogP contribution in [-0.4, -0.2) is 31.9 Å². The van der Waals surface area contributed by atoms with E-state index in [-0.39, 0.29) is 23.5 Å². The minimum absolute atomic E-state index is 0.0128. The Balaban J connectivity index is 1.68. The summed E-state index contributed by atoms with van der Waals surface area (Å²) < 4.78 is 28.6. The van der Waals surface area contributed by atoms with E-state index in [9.17, 15) is 13.2 Å². The first-order valence-corrected chi connectivity index (χ1v) is 9.18. The largest absolute Gasteiger partial charge is 0.457 e. The zero-order chi connectivity index (χ0) is 16.3. The van der Waals surface area contributed by atoms with Crippen LogP contribution in [0, 0.1) is 0 Å². The van der Waals surface area contributed by atoms with Gasteiger partial charge in [0.05, 0.1) is 11.5 Å². The van der Waals surface area contributed by atoms with Crippen LogP contribution in [-0.2, 0) is 9.84 Å². The maximum Gasteiger partial charge on any atom is 0.251 e. The quantitative estimate of drug-likeness (QED) is 0.934. The maximum atomic E-state index is 12.3. The van der Waals surface area contributed by atoms with Crippen molar-refractivity contribution in [2.75, 3.05) is 11.5 Å². The van der Waals surface area contributed by atoms with Crippen LogP contribution >= 0.6 is 0 Å². The number of para-hydroxylation sites is 1. The van der Waals surface area contributed by atoms with Crippen molar-refractivity contribution in [1.82, 2.24) is 5.32 Å². The van der Waals surface area contributed by atoms with E-state index in [2.05, 4.69) is 5.32 Å². The summed E-state index contributed by atoms with van der Waals surface area (Å²) >= 11 is 0. The fourth-order valence-electron chi connectivity index (χ4n) is 2.50. The number of nitrogens with one attached hydrogen (secondary N) is 1. The highest BCUT2D eigenvalue weighted by molar-refractivity contribution is 7.91. The Morgan fingerprint density at radius 2 is 1.78 bits per heavy atom. The third-order valence-corrected chi connectivity index (χ3v) is 5.41. The SMILES string of the molecule is O=C(N[C@@H]1CCS(=O)(=O)C1)c1cccc(Oc2ccccc2)c1. The molecule has 0 spiro atoms. The Hall–Kier alpha value is -2.34. The summed E-state index contributed by atoms with van der Waals surface area (Å²) in [4.78, 5) is 12.3. The first-order chi connectivity index (χ1) is 11.0. The Kier molecular flexibility index (Phi) is 4.34. The molecule has 0 bridgehead atoms. The third kappa shape index (κ3) is 4.10. The minimum Gasteiger partial charge on any atom is -0.457 e. The van der Waals surface area contributed by atoms with Crippen molar-refractivity contribution in [3.8, 4) is 11.5 Å². The van der Waals surface area contributed by atoms with Crippen molar-refractivity contribution >= 4 is 15.7 Å². The molecule has 1 aliphatic rings. The first kappa shape index (κ1) is 15.6. The van der Waals surface area contributed by atoms with Gasteiger partial charge in [0.2, 0.25) is 0 Å². The Bertz CT molecular complexity index is 802. The molecule has 1 amide bonds. The van der Waals surface area contributed by atoms with Crippen LogP contribution in [0.3, 0.4) is 0 Å². The molecule has 2 aromatic rings. The average molecular weight is 331 g/mol. The standard InChI is InChI=1S/C17H17NO4S/c19-17(18-14-9-10-23(20,21)12-14)13-5-4-8-16(11-13)22-15-6-2-1-3-7-15/h1-8,11,14H,9-10,12H2,(H,18,19)/t14-/m1/s1. The van der Waals surface area contributed by atoms with Crippen molar-refractivity contribution in [2.24, 2.45) is 0 Å². The number of amides is 1. The van der Waals surface area contributed by atoms with E-state index in [1.165, 1.54) is 0 Å². The Labute approximate surface area is 135 Å². The van der Waals surface area contributed by atoms with E-state index < -0.39 is 9.84 Å².